The Morgan fingerprint density at radius 2 is 0.863 bits per heavy atom. The highest BCUT2D eigenvalue weighted by atomic mass is 16.3. The third-order valence-electron chi connectivity index (χ3n) is 11.3. The minimum Gasteiger partial charge on any atom is -0.455 e. The van der Waals surface area contributed by atoms with Crippen molar-refractivity contribution < 1.29 is 4.42 Å². The van der Waals surface area contributed by atoms with E-state index in [1.165, 1.54) is 86.5 Å². The lowest BCUT2D eigenvalue weighted by Crippen LogP contribution is -1.89. The molecule has 11 aromatic carbocycles. The summed E-state index contributed by atoms with van der Waals surface area (Å²) in [6, 6.07) is 62.8. The van der Waals surface area contributed by atoms with Crippen molar-refractivity contribution in [2.45, 2.75) is 0 Å². The zero-order chi connectivity index (χ0) is 33.2. The first-order chi connectivity index (χ1) is 25.2. The van der Waals surface area contributed by atoms with E-state index < -0.39 is 0 Å². The van der Waals surface area contributed by atoms with Gasteiger partial charge in [-0.3, -0.25) is 0 Å². The summed E-state index contributed by atoms with van der Waals surface area (Å²) in [7, 11) is 0. The van der Waals surface area contributed by atoms with Crippen LogP contribution < -0.4 is 0 Å². The predicted molar refractivity (Wildman–Crippen MR) is 218 cm³/mol. The van der Waals surface area contributed by atoms with Crippen LogP contribution in [0.5, 0.6) is 0 Å². The molecule has 1 heterocycles. The van der Waals surface area contributed by atoms with Crippen molar-refractivity contribution in [2.24, 2.45) is 0 Å². The monoisotopic (exact) mass is 644 g/mol. The van der Waals surface area contributed by atoms with Crippen LogP contribution in [-0.4, -0.2) is 0 Å². The predicted octanol–water partition coefficient (Wildman–Crippen LogP) is 14.4. The lowest BCUT2D eigenvalue weighted by Gasteiger charge is -2.15. The topological polar surface area (TPSA) is 13.1 Å². The Hall–Kier alpha value is -6.70. The molecule has 0 radical (unpaired) electrons. The molecule has 12 rings (SSSR count). The molecule has 0 spiro atoms. The Morgan fingerprint density at radius 1 is 0.275 bits per heavy atom. The summed E-state index contributed by atoms with van der Waals surface area (Å²) in [5.74, 6) is 0. The number of benzene rings is 11. The lowest BCUT2D eigenvalue weighted by molar-refractivity contribution is 0.670. The molecule has 0 atom stereocenters. The molecule has 1 heteroatoms. The molecular formula is C50H28O. The highest BCUT2D eigenvalue weighted by molar-refractivity contribution is 6.26. The highest BCUT2D eigenvalue weighted by Crippen LogP contribution is 2.45. The molecule has 0 amide bonds. The molecule has 0 N–H and O–H groups in total. The van der Waals surface area contributed by atoms with Crippen molar-refractivity contribution in [2.75, 3.05) is 0 Å². The minimum atomic E-state index is 0.912. The third-order valence-corrected chi connectivity index (χ3v) is 11.3. The van der Waals surface area contributed by atoms with E-state index in [-0.39, 0.29) is 0 Å². The van der Waals surface area contributed by atoms with Crippen LogP contribution in [0.2, 0.25) is 0 Å². The van der Waals surface area contributed by atoms with Crippen molar-refractivity contribution >= 4 is 97.3 Å². The smallest absolute Gasteiger partial charge is 0.143 e. The van der Waals surface area contributed by atoms with E-state index in [1.54, 1.807) is 0 Å². The van der Waals surface area contributed by atoms with Gasteiger partial charge in [0.05, 0.1) is 0 Å². The van der Waals surface area contributed by atoms with E-state index in [4.69, 9.17) is 4.42 Å². The van der Waals surface area contributed by atoms with Gasteiger partial charge in [0, 0.05) is 16.3 Å². The highest BCUT2D eigenvalue weighted by Gasteiger charge is 2.19. The average Bonchev–Trinajstić information content (AvgIpc) is 3.55. The second kappa shape index (κ2) is 9.94. The Balaban J connectivity index is 1.20. The number of furan rings is 1. The van der Waals surface area contributed by atoms with Gasteiger partial charge in [-0.2, -0.15) is 0 Å². The van der Waals surface area contributed by atoms with Crippen LogP contribution in [0.3, 0.4) is 0 Å². The van der Waals surface area contributed by atoms with Gasteiger partial charge in [0.15, 0.2) is 0 Å². The van der Waals surface area contributed by atoms with Crippen molar-refractivity contribution in [1.82, 2.24) is 0 Å². The summed E-state index contributed by atoms with van der Waals surface area (Å²) in [5, 5.41) is 20.0. The lowest BCUT2D eigenvalue weighted by atomic mass is 9.88. The van der Waals surface area contributed by atoms with Crippen molar-refractivity contribution in [3.8, 4) is 22.3 Å². The Morgan fingerprint density at radius 3 is 1.69 bits per heavy atom. The fraction of sp³-hybridized carbons (Fsp3) is 0. The molecule has 0 saturated heterocycles. The number of fused-ring (bicyclic) bond motifs is 9. The van der Waals surface area contributed by atoms with Crippen LogP contribution in [0.4, 0.5) is 0 Å². The van der Waals surface area contributed by atoms with Gasteiger partial charge in [-0.1, -0.05) is 140 Å². The first-order valence-corrected chi connectivity index (χ1v) is 17.7. The van der Waals surface area contributed by atoms with Gasteiger partial charge < -0.3 is 4.42 Å². The molecule has 0 unspecified atom stereocenters. The van der Waals surface area contributed by atoms with Crippen molar-refractivity contribution in [3.63, 3.8) is 0 Å². The van der Waals surface area contributed by atoms with Gasteiger partial charge in [-0.15, -0.1) is 0 Å². The number of hydrogen-bond acceptors (Lipinski definition) is 1. The van der Waals surface area contributed by atoms with E-state index in [9.17, 15) is 0 Å². The maximum Gasteiger partial charge on any atom is 0.143 e. The van der Waals surface area contributed by atoms with Gasteiger partial charge in [0.2, 0.25) is 0 Å². The zero-order valence-corrected chi connectivity index (χ0v) is 27.6. The maximum atomic E-state index is 6.89. The Labute approximate surface area is 292 Å². The minimum absolute atomic E-state index is 0.912. The fourth-order valence-corrected chi connectivity index (χ4v) is 8.91. The number of hydrogen-bond donors (Lipinski definition) is 0. The van der Waals surface area contributed by atoms with E-state index in [1.807, 2.05) is 0 Å². The van der Waals surface area contributed by atoms with E-state index >= 15 is 0 Å². The van der Waals surface area contributed by atoms with Gasteiger partial charge in [-0.05, 0) is 122 Å². The second-order valence-corrected chi connectivity index (χ2v) is 14.1. The largest absolute Gasteiger partial charge is 0.455 e. The SMILES string of the molecule is c1ccc2cc3c(cc2c1)oc1c(-c2ccc4ccc5ccc6ccccc6c5c4c2)cc(-c2ccc4ccc5cccc6ccc2c4c56)cc13. The standard InChI is InChI=1S/C50H28O/c1-2-8-36-28-46-44(24-35(36)7-1)45-27-38(39-22-20-34-18-17-31-9-5-10-32-21-23-41(39)49(34)47(31)32)26-43(50(45)51-46)37-19-14-30-13-16-33-15-12-29-6-3-4-11-40(29)48(33)42(30)25-37/h1-28H. The zero-order valence-electron chi connectivity index (χ0n) is 27.6. The molecule has 0 aliphatic carbocycles. The van der Waals surface area contributed by atoms with Gasteiger partial charge in [0.25, 0.3) is 0 Å². The van der Waals surface area contributed by atoms with Crippen LogP contribution in [0.1, 0.15) is 0 Å². The Kier molecular flexibility index (Phi) is 5.29. The van der Waals surface area contributed by atoms with Gasteiger partial charge in [-0.25, -0.2) is 0 Å². The van der Waals surface area contributed by atoms with Crippen LogP contribution in [0.15, 0.2) is 174 Å². The molecule has 1 nitrogen and oxygen atoms in total. The van der Waals surface area contributed by atoms with Crippen LogP contribution >= 0.6 is 0 Å². The molecule has 0 saturated carbocycles. The summed E-state index contributed by atoms with van der Waals surface area (Å²) in [5.41, 5.74) is 6.51. The van der Waals surface area contributed by atoms with E-state index in [0.29, 0.717) is 0 Å². The van der Waals surface area contributed by atoms with Crippen molar-refractivity contribution in [1.29, 1.82) is 0 Å². The maximum absolute atomic E-state index is 6.89. The van der Waals surface area contributed by atoms with Gasteiger partial charge in [0.1, 0.15) is 11.2 Å². The van der Waals surface area contributed by atoms with Crippen LogP contribution in [-0.2, 0) is 0 Å². The fourth-order valence-electron chi connectivity index (χ4n) is 8.91. The van der Waals surface area contributed by atoms with E-state index in [0.717, 1.165) is 33.1 Å². The molecule has 12 aromatic rings. The van der Waals surface area contributed by atoms with Crippen LogP contribution in [0, 0.1) is 0 Å². The molecule has 0 aliphatic rings. The molecule has 234 valence electrons. The summed E-state index contributed by atoms with van der Waals surface area (Å²) >= 11 is 0. The molecule has 0 bridgehead atoms. The van der Waals surface area contributed by atoms with E-state index in [2.05, 4.69) is 170 Å². The van der Waals surface area contributed by atoms with Crippen LogP contribution in [0.25, 0.3) is 120 Å². The summed E-state index contributed by atoms with van der Waals surface area (Å²) in [6.45, 7) is 0. The first kappa shape index (κ1) is 27.2. The first-order valence-electron chi connectivity index (χ1n) is 17.7. The summed E-state index contributed by atoms with van der Waals surface area (Å²) in [6.07, 6.45) is 0. The molecule has 0 aliphatic heterocycles. The third kappa shape index (κ3) is 3.81. The van der Waals surface area contributed by atoms with Gasteiger partial charge >= 0.3 is 0 Å². The molecule has 1 aromatic heterocycles. The molecule has 0 fully saturated rings. The quantitative estimate of drug-likeness (QED) is 0.171. The Bertz CT molecular complexity index is 3400. The second-order valence-electron chi connectivity index (χ2n) is 14.1. The summed E-state index contributed by atoms with van der Waals surface area (Å²) in [4.78, 5) is 0. The molecular weight excluding hydrogens is 617 g/mol. The average molecular weight is 645 g/mol. The number of rotatable bonds is 2. The van der Waals surface area contributed by atoms with Crippen molar-refractivity contribution in [3.05, 3.63) is 170 Å². The normalized spacial score (nSPS) is 12.3. The molecule has 51 heavy (non-hydrogen) atoms. The summed E-state index contributed by atoms with van der Waals surface area (Å²) < 4.78 is 6.89.